The van der Waals surface area contributed by atoms with E-state index in [4.69, 9.17) is 29.7 Å². The Kier molecular flexibility index (Phi) is 16.1. The Labute approximate surface area is 237 Å². The first-order chi connectivity index (χ1) is 20.0. The van der Waals surface area contributed by atoms with Gasteiger partial charge in [0.2, 0.25) is 13.6 Å². The van der Waals surface area contributed by atoms with Gasteiger partial charge in [-0.15, -0.1) is 0 Å². The molecule has 2 aromatic heterocycles. The number of imidazole rings is 1. The summed E-state index contributed by atoms with van der Waals surface area (Å²) in [6, 6.07) is 0. The smallest absolute Gasteiger partial charge is 0.478 e. The van der Waals surface area contributed by atoms with Crippen molar-refractivity contribution in [2.45, 2.75) is 6.54 Å². The molecule has 2 aromatic rings. The van der Waals surface area contributed by atoms with Gasteiger partial charge in [0.1, 0.15) is 31.4 Å². The number of hydrogen-bond donors (Lipinski definition) is 3. The zero-order valence-electron chi connectivity index (χ0n) is 21.9. The molecular formula is C22H28N5O14P. The number of nitrogens with two attached hydrogens (primary N) is 1. The number of carboxylic acids is 2. The number of carbonyl (C=O) groups excluding carboxylic acids is 2. The molecule has 0 saturated carbocycles. The SMILES string of the molecule is C=CCOC(=O)OCOP(=O)(COCCn1cnc2c(N)ncnc21)OCOC(=O)OCC=C.O=C(O)/C=C/C(=O)O. The van der Waals surface area contributed by atoms with Gasteiger partial charge in [-0.05, 0) is 0 Å². The highest BCUT2D eigenvalue weighted by atomic mass is 31.2. The van der Waals surface area contributed by atoms with Crippen LogP contribution in [0.4, 0.5) is 15.4 Å². The predicted molar refractivity (Wildman–Crippen MR) is 140 cm³/mol. The van der Waals surface area contributed by atoms with Crippen LogP contribution in [0.15, 0.2) is 50.1 Å². The maximum absolute atomic E-state index is 12.9. The van der Waals surface area contributed by atoms with E-state index in [9.17, 15) is 23.7 Å². The number of rotatable bonds is 17. The van der Waals surface area contributed by atoms with Crippen molar-refractivity contribution in [1.29, 1.82) is 0 Å². The molecule has 2 heterocycles. The number of aromatic nitrogens is 4. The van der Waals surface area contributed by atoms with Gasteiger partial charge in [-0.2, -0.15) is 0 Å². The Bertz CT molecular complexity index is 1250. The van der Waals surface area contributed by atoms with Gasteiger partial charge in [0, 0.05) is 18.7 Å². The van der Waals surface area contributed by atoms with Gasteiger partial charge < -0.3 is 44.2 Å². The Morgan fingerprint density at radius 2 is 1.45 bits per heavy atom. The molecule has 19 nitrogen and oxygen atoms in total. The first-order valence-electron chi connectivity index (χ1n) is 11.3. The fourth-order valence-corrected chi connectivity index (χ4v) is 3.31. The molecule has 4 N–H and O–H groups in total. The number of anilines is 1. The van der Waals surface area contributed by atoms with E-state index >= 15 is 0 Å². The predicted octanol–water partition coefficient (Wildman–Crippen LogP) is 1.91. The third-order valence-electron chi connectivity index (χ3n) is 4.01. The van der Waals surface area contributed by atoms with E-state index < -0.39 is 51.8 Å². The van der Waals surface area contributed by atoms with Crippen LogP contribution in [0.3, 0.4) is 0 Å². The maximum Gasteiger partial charge on any atom is 0.510 e. The lowest BCUT2D eigenvalue weighted by Crippen LogP contribution is -2.15. The van der Waals surface area contributed by atoms with Crippen molar-refractivity contribution in [2.24, 2.45) is 0 Å². The summed E-state index contributed by atoms with van der Waals surface area (Å²) in [4.78, 5) is 53.9. The lowest BCUT2D eigenvalue weighted by molar-refractivity contribution is -0.134. The maximum atomic E-state index is 12.9. The lowest BCUT2D eigenvalue weighted by atomic mass is 10.5. The molecule has 0 spiro atoms. The highest BCUT2D eigenvalue weighted by Gasteiger charge is 2.27. The van der Waals surface area contributed by atoms with E-state index in [0.717, 1.165) is 0 Å². The minimum atomic E-state index is -4.04. The van der Waals surface area contributed by atoms with Crippen molar-refractivity contribution in [2.75, 3.05) is 45.5 Å². The average Bonchev–Trinajstić information content (AvgIpc) is 3.36. The van der Waals surface area contributed by atoms with Crippen molar-refractivity contribution in [3.05, 3.63) is 50.1 Å². The number of fused-ring (bicyclic) bond motifs is 1. The molecule has 0 bridgehead atoms. The number of nitrogens with zero attached hydrogens (tertiary/aromatic N) is 4. The van der Waals surface area contributed by atoms with E-state index in [1.54, 1.807) is 4.57 Å². The van der Waals surface area contributed by atoms with Gasteiger partial charge in [-0.3, -0.25) is 13.6 Å². The molecule has 0 aromatic carbocycles. The normalized spacial score (nSPS) is 10.8. The van der Waals surface area contributed by atoms with Crippen LogP contribution in [0.2, 0.25) is 0 Å². The van der Waals surface area contributed by atoms with Gasteiger partial charge in [-0.1, -0.05) is 25.3 Å². The summed E-state index contributed by atoms with van der Waals surface area (Å²) in [5.41, 5.74) is 6.67. The Morgan fingerprint density at radius 3 is 1.95 bits per heavy atom. The van der Waals surface area contributed by atoms with Crippen LogP contribution >= 0.6 is 7.60 Å². The summed E-state index contributed by atoms with van der Waals surface area (Å²) in [5.74, 6) is -2.28. The van der Waals surface area contributed by atoms with Crippen LogP contribution in [0.25, 0.3) is 11.2 Å². The molecule has 20 heteroatoms. The van der Waals surface area contributed by atoms with E-state index in [0.29, 0.717) is 23.3 Å². The second kappa shape index (κ2) is 19.3. The molecule has 230 valence electrons. The highest BCUT2D eigenvalue weighted by Crippen LogP contribution is 2.48. The van der Waals surface area contributed by atoms with Crippen LogP contribution < -0.4 is 5.73 Å². The van der Waals surface area contributed by atoms with E-state index in [2.05, 4.69) is 47.1 Å². The summed E-state index contributed by atoms with van der Waals surface area (Å²) < 4.78 is 48.4. The van der Waals surface area contributed by atoms with Gasteiger partial charge in [-0.25, -0.2) is 34.1 Å². The van der Waals surface area contributed by atoms with Crippen LogP contribution in [0, 0.1) is 0 Å². The molecule has 0 unspecified atom stereocenters. The monoisotopic (exact) mass is 617 g/mol. The molecular weight excluding hydrogens is 589 g/mol. The molecule has 0 aliphatic carbocycles. The fourth-order valence-electron chi connectivity index (χ4n) is 2.30. The number of carbonyl (C=O) groups is 4. The van der Waals surface area contributed by atoms with Gasteiger partial charge in [0.05, 0.1) is 12.9 Å². The Balaban J connectivity index is 0.000000962. The third kappa shape index (κ3) is 14.5. The molecule has 42 heavy (non-hydrogen) atoms. The third-order valence-corrected chi connectivity index (χ3v) is 5.51. The van der Waals surface area contributed by atoms with E-state index in [-0.39, 0.29) is 32.2 Å². The van der Waals surface area contributed by atoms with Gasteiger partial charge >= 0.3 is 31.8 Å². The topological polar surface area (TPSA) is 260 Å². The quantitative estimate of drug-likeness (QED) is 0.0571. The summed E-state index contributed by atoms with van der Waals surface area (Å²) >= 11 is 0. The second-order valence-corrected chi connectivity index (χ2v) is 9.01. The fraction of sp³-hybridized carbons (Fsp3) is 0.318. The minimum Gasteiger partial charge on any atom is -0.478 e. The molecule has 2 rings (SSSR count). The van der Waals surface area contributed by atoms with Crippen molar-refractivity contribution >= 4 is 48.8 Å². The largest absolute Gasteiger partial charge is 0.510 e. The zero-order chi connectivity index (χ0) is 31.4. The first-order valence-corrected chi connectivity index (χ1v) is 13.1. The average molecular weight is 617 g/mol. The second-order valence-electron chi connectivity index (χ2n) is 7.01. The molecule has 0 fully saturated rings. The molecule has 0 amide bonds. The van der Waals surface area contributed by atoms with Crippen molar-refractivity contribution in [3.8, 4) is 0 Å². The molecule has 0 radical (unpaired) electrons. The number of aliphatic carboxylic acids is 2. The van der Waals surface area contributed by atoms with E-state index in [1.165, 1.54) is 24.8 Å². The molecule has 0 aliphatic heterocycles. The van der Waals surface area contributed by atoms with Crippen molar-refractivity contribution < 1.29 is 66.7 Å². The van der Waals surface area contributed by atoms with Crippen molar-refractivity contribution in [3.63, 3.8) is 0 Å². The van der Waals surface area contributed by atoms with Crippen LogP contribution in [0.5, 0.6) is 0 Å². The summed E-state index contributed by atoms with van der Waals surface area (Å²) in [5, 5.41) is 15.6. The van der Waals surface area contributed by atoms with Crippen molar-refractivity contribution in [1.82, 2.24) is 19.5 Å². The number of hydrogen-bond acceptors (Lipinski definition) is 16. The summed E-state index contributed by atoms with van der Waals surface area (Å²) in [6.07, 6.45) is 3.85. The van der Waals surface area contributed by atoms with Gasteiger partial charge in [0.15, 0.2) is 11.5 Å². The number of carboxylic acid groups (broad SMARTS) is 2. The zero-order valence-corrected chi connectivity index (χ0v) is 22.8. The standard InChI is InChI=1S/C18H24N5O10P.C4H4O4/c1-3-6-28-17(24)30-11-32-34(26,33-12-31-18(25)29-7-4-2)13-27-8-5-23-10-22-14-15(19)20-9-21-16(14)23;5-3(6)1-2-4(7)8/h3-4,9-10H,1-2,5-8,11-13H2,(H2,19,20,21);1-2H,(H,5,6)(H,7,8)/b;2-1+. The molecule has 0 saturated heterocycles. The summed E-state index contributed by atoms with van der Waals surface area (Å²) in [7, 11) is -4.04. The van der Waals surface area contributed by atoms with E-state index in [1.807, 2.05) is 0 Å². The minimum absolute atomic E-state index is 0.0382. The Morgan fingerprint density at radius 1 is 0.905 bits per heavy atom. The number of ether oxygens (including phenoxy) is 5. The summed E-state index contributed by atoms with van der Waals surface area (Å²) in [6.45, 7) is 5.33. The highest BCUT2D eigenvalue weighted by molar-refractivity contribution is 7.53. The lowest BCUT2D eigenvalue weighted by Gasteiger charge is -2.18. The van der Waals surface area contributed by atoms with Crippen LogP contribution in [0.1, 0.15) is 0 Å². The molecule has 0 aliphatic rings. The first kappa shape index (κ1) is 35.2. The Hall–Kier alpha value is -4.84. The van der Waals surface area contributed by atoms with Gasteiger partial charge in [0.25, 0.3) is 0 Å². The molecule has 0 atom stereocenters. The number of nitrogen functional groups attached to an aromatic ring is 1. The van der Waals surface area contributed by atoms with Crippen LogP contribution in [-0.4, -0.2) is 93.7 Å². The van der Waals surface area contributed by atoms with Crippen LogP contribution in [-0.2, 0) is 53.4 Å².